The highest BCUT2D eigenvalue weighted by Crippen LogP contribution is 2.28. The van der Waals surface area contributed by atoms with Crippen LogP contribution in [0.4, 0.5) is 0 Å². The van der Waals surface area contributed by atoms with Crippen LogP contribution in [0.1, 0.15) is 11.3 Å². The highest BCUT2D eigenvalue weighted by molar-refractivity contribution is 7.11. The summed E-state index contributed by atoms with van der Waals surface area (Å²) in [6, 6.07) is 6.70. The number of fused-ring (bicyclic) bond motifs is 1. The normalized spacial score (nSPS) is 12.9. The first-order valence-electron chi connectivity index (χ1n) is 6.25. The van der Waals surface area contributed by atoms with Gasteiger partial charge in [0, 0.05) is 16.8 Å². The topological polar surface area (TPSA) is 95.4 Å². The van der Waals surface area contributed by atoms with Crippen molar-refractivity contribution in [3.8, 4) is 11.9 Å². The molecular formula is C14H8ClN3O3S. The number of rotatable bonds is 3. The molecule has 0 fully saturated rings. The van der Waals surface area contributed by atoms with E-state index >= 15 is 0 Å². The summed E-state index contributed by atoms with van der Waals surface area (Å²) in [7, 11) is 0. The molecule has 1 aromatic carbocycles. The number of nitrogens with zero attached hydrogens (tertiary/aromatic N) is 3. The Balaban J connectivity index is 2.27. The number of hydrogen-bond donors (Lipinski definition) is 1. The van der Waals surface area contributed by atoms with Gasteiger partial charge in [-0.25, -0.2) is 4.99 Å². The molecule has 0 atom stereocenters. The molecule has 0 saturated carbocycles. The molecule has 1 amide bonds. The van der Waals surface area contributed by atoms with E-state index in [9.17, 15) is 14.7 Å². The van der Waals surface area contributed by atoms with Crippen molar-refractivity contribution in [2.24, 2.45) is 4.99 Å². The lowest BCUT2D eigenvalue weighted by Crippen LogP contribution is -2.22. The Morgan fingerprint density at radius 2 is 2.18 bits per heavy atom. The number of halogens is 1. The van der Waals surface area contributed by atoms with Crippen molar-refractivity contribution in [1.82, 2.24) is 4.57 Å². The quantitative estimate of drug-likeness (QED) is 0.886. The second-order valence-corrected chi connectivity index (χ2v) is 5.93. The monoisotopic (exact) mass is 333 g/mol. The molecule has 22 heavy (non-hydrogen) atoms. The van der Waals surface area contributed by atoms with Crippen LogP contribution in [-0.4, -0.2) is 15.6 Å². The van der Waals surface area contributed by atoms with E-state index < -0.39 is 10.8 Å². The highest BCUT2D eigenvalue weighted by atomic mass is 35.5. The minimum Gasteiger partial charge on any atom is -0.493 e. The third-order valence-corrected chi connectivity index (χ3v) is 4.43. The molecular weight excluding hydrogens is 326 g/mol. The van der Waals surface area contributed by atoms with E-state index in [4.69, 9.17) is 16.9 Å². The largest absolute Gasteiger partial charge is 0.493 e. The van der Waals surface area contributed by atoms with Gasteiger partial charge in [-0.15, -0.1) is 0 Å². The second kappa shape index (κ2) is 5.40. The van der Waals surface area contributed by atoms with Crippen molar-refractivity contribution in [2.75, 3.05) is 0 Å². The molecule has 1 N–H and O–H groups in total. The van der Waals surface area contributed by atoms with E-state index in [0.717, 1.165) is 15.9 Å². The van der Waals surface area contributed by atoms with Crippen molar-refractivity contribution in [3.63, 3.8) is 0 Å². The molecule has 0 radical (unpaired) electrons. The van der Waals surface area contributed by atoms with E-state index in [1.165, 1.54) is 0 Å². The Morgan fingerprint density at radius 1 is 1.41 bits per heavy atom. The number of carbonyl (C=O) groups excluding carboxylic acids is 1. The highest BCUT2D eigenvalue weighted by Gasteiger charge is 2.26. The number of thiazole rings is 1. The molecule has 3 rings (SSSR count). The van der Waals surface area contributed by atoms with Gasteiger partial charge in [0.15, 0.2) is 0 Å². The fourth-order valence-corrected chi connectivity index (χ4v) is 3.36. The summed E-state index contributed by atoms with van der Waals surface area (Å²) in [5, 5.41) is 20.2. The van der Waals surface area contributed by atoms with E-state index in [1.54, 1.807) is 18.2 Å². The lowest BCUT2D eigenvalue weighted by molar-refractivity contribution is -0.112. The Kier molecular flexibility index (Phi) is 3.56. The minimum atomic E-state index is -0.527. The van der Waals surface area contributed by atoms with Gasteiger partial charge in [0.25, 0.3) is 5.91 Å². The average Bonchev–Trinajstić information content (AvgIpc) is 2.93. The van der Waals surface area contributed by atoms with Gasteiger partial charge in [0.05, 0.1) is 23.4 Å². The molecule has 0 bridgehead atoms. The second-order valence-electron chi connectivity index (χ2n) is 4.53. The third kappa shape index (κ3) is 2.22. The van der Waals surface area contributed by atoms with E-state index in [-0.39, 0.29) is 29.3 Å². The summed E-state index contributed by atoms with van der Waals surface area (Å²) >= 11 is 6.69. The maximum Gasteiger partial charge on any atom is 0.310 e. The molecule has 8 heteroatoms. The van der Waals surface area contributed by atoms with Crippen molar-refractivity contribution in [3.05, 3.63) is 48.3 Å². The van der Waals surface area contributed by atoms with Crippen molar-refractivity contribution in [2.45, 2.75) is 13.0 Å². The third-order valence-electron chi connectivity index (χ3n) is 3.21. The first-order valence-corrected chi connectivity index (χ1v) is 7.45. The molecule has 1 aliphatic rings. The summed E-state index contributed by atoms with van der Waals surface area (Å²) in [4.78, 5) is 27.7. The van der Waals surface area contributed by atoms with Gasteiger partial charge in [-0.3, -0.25) is 14.2 Å². The van der Waals surface area contributed by atoms with Gasteiger partial charge in [-0.05, 0) is 18.2 Å². The fourth-order valence-electron chi connectivity index (χ4n) is 2.22. The predicted octanol–water partition coefficient (Wildman–Crippen LogP) is 0.541. The van der Waals surface area contributed by atoms with Crippen molar-refractivity contribution >= 4 is 34.4 Å². The van der Waals surface area contributed by atoms with Gasteiger partial charge in [0.2, 0.25) is 5.88 Å². The molecule has 6 nitrogen and oxygen atoms in total. The summed E-state index contributed by atoms with van der Waals surface area (Å²) in [6.45, 7) is 0.0681. The number of benzene rings is 1. The fraction of sp³-hybridized carbons (Fsp3) is 0.143. The standard InChI is InChI=1S/C14H8ClN3O3S/c15-7-2-3-9-8(6-7)10(12(19)17-9)11-13(20)18(5-1-4-16)14(21)22-11/h2-3,6,20H,1,5H2. The molecule has 1 aliphatic heterocycles. The number of aromatic nitrogens is 1. The zero-order chi connectivity index (χ0) is 15.9. The zero-order valence-corrected chi connectivity index (χ0v) is 12.6. The Hall–Kier alpha value is -2.43. The number of nitriles is 1. The Labute approximate surface area is 132 Å². The summed E-state index contributed by atoms with van der Waals surface area (Å²) < 4.78 is 1.08. The van der Waals surface area contributed by atoms with Crippen LogP contribution >= 0.6 is 22.9 Å². The Bertz CT molecular complexity index is 1010. The maximum absolute atomic E-state index is 12.1. The molecule has 0 saturated heterocycles. The van der Waals surface area contributed by atoms with E-state index in [0.29, 0.717) is 15.6 Å². The van der Waals surface area contributed by atoms with Gasteiger partial charge in [0.1, 0.15) is 4.88 Å². The van der Waals surface area contributed by atoms with Crippen LogP contribution in [0.5, 0.6) is 5.88 Å². The number of aromatic hydroxyl groups is 1. The van der Waals surface area contributed by atoms with E-state index in [2.05, 4.69) is 4.99 Å². The number of amides is 1. The molecule has 110 valence electrons. The van der Waals surface area contributed by atoms with Crippen LogP contribution in [0, 0.1) is 11.3 Å². The SMILES string of the molecule is N#CCCn1c(O)c(C2=c3cc(Cl)ccc3=NC2=O)sc1=O. The summed E-state index contributed by atoms with van der Waals surface area (Å²) in [5.74, 6) is -0.849. The molecule has 2 aromatic rings. The molecule has 1 aromatic heterocycles. The zero-order valence-electron chi connectivity index (χ0n) is 11.0. The first-order chi connectivity index (χ1) is 10.5. The van der Waals surface area contributed by atoms with Crippen LogP contribution < -0.4 is 15.4 Å². The minimum absolute atomic E-state index is 0.0681. The molecule has 0 spiro atoms. The average molecular weight is 334 g/mol. The predicted molar refractivity (Wildman–Crippen MR) is 80.2 cm³/mol. The lowest BCUT2D eigenvalue weighted by atomic mass is 10.1. The molecule has 2 heterocycles. The smallest absolute Gasteiger partial charge is 0.310 e. The maximum atomic E-state index is 12.1. The Morgan fingerprint density at radius 3 is 2.91 bits per heavy atom. The summed E-state index contributed by atoms with van der Waals surface area (Å²) in [5.41, 5.74) is 0.160. The first kappa shape index (κ1) is 14.5. The van der Waals surface area contributed by atoms with E-state index in [1.807, 2.05) is 6.07 Å². The molecule has 0 unspecified atom stereocenters. The van der Waals surface area contributed by atoms with Gasteiger partial charge < -0.3 is 5.11 Å². The summed E-state index contributed by atoms with van der Waals surface area (Å²) in [6.07, 6.45) is 0.0830. The van der Waals surface area contributed by atoms with Crippen LogP contribution in [0.3, 0.4) is 0 Å². The van der Waals surface area contributed by atoms with Crippen molar-refractivity contribution < 1.29 is 9.90 Å². The van der Waals surface area contributed by atoms with Crippen LogP contribution in [0.25, 0.3) is 5.57 Å². The molecule has 0 aliphatic carbocycles. The van der Waals surface area contributed by atoms with Gasteiger partial charge in [-0.1, -0.05) is 22.9 Å². The van der Waals surface area contributed by atoms with Gasteiger partial charge in [-0.2, -0.15) is 5.26 Å². The van der Waals surface area contributed by atoms with Crippen molar-refractivity contribution in [1.29, 1.82) is 5.26 Å². The van der Waals surface area contributed by atoms with Crippen LogP contribution in [-0.2, 0) is 11.3 Å². The van der Waals surface area contributed by atoms with Crippen LogP contribution in [0.2, 0.25) is 5.02 Å². The number of carbonyl (C=O) groups is 1. The van der Waals surface area contributed by atoms with Gasteiger partial charge >= 0.3 is 4.87 Å². The van der Waals surface area contributed by atoms with Crippen LogP contribution in [0.15, 0.2) is 28.0 Å². The lowest BCUT2D eigenvalue weighted by Gasteiger charge is -2.01. The number of hydrogen-bond acceptors (Lipinski definition) is 5.